The van der Waals surface area contributed by atoms with Gasteiger partial charge in [-0.3, -0.25) is 0 Å². The maximum Gasteiger partial charge on any atom is 0.175 e. The van der Waals surface area contributed by atoms with E-state index in [9.17, 15) is 13.7 Å². The third-order valence-corrected chi connectivity index (χ3v) is 7.02. The summed E-state index contributed by atoms with van der Waals surface area (Å²) in [6.45, 7) is 1.84. The summed E-state index contributed by atoms with van der Waals surface area (Å²) in [6.07, 6.45) is 6.78. The maximum atomic E-state index is 12.0. The highest BCUT2D eigenvalue weighted by Gasteiger charge is 2.36. The van der Waals surface area contributed by atoms with Gasteiger partial charge in [0.1, 0.15) is 11.9 Å². The molecule has 1 unspecified atom stereocenters. The average molecular weight is 409 g/mol. The number of hydrazone groups is 1. The molecule has 7 heteroatoms. The first-order valence-corrected chi connectivity index (χ1v) is 11.8. The fourth-order valence-corrected chi connectivity index (χ4v) is 5.00. The lowest BCUT2D eigenvalue weighted by atomic mass is 9.92. The van der Waals surface area contributed by atoms with Crippen LogP contribution in [-0.4, -0.2) is 31.4 Å². The average Bonchev–Trinajstić information content (AvgIpc) is 3.37. The maximum absolute atomic E-state index is 12.0. The van der Waals surface area contributed by atoms with Crippen molar-refractivity contribution in [3.05, 3.63) is 53.2 Å². The molecule has 150 valence electrons. The Kier molecular flexibility index (Phi) is 5.13. The molecule has 29 heavy (non-hydrogen) atoms. The lowest BCUT2D eigenvalue weighted by Gasteiger charge is -2.27. The molecule has 1 aromatic heterocycles. The highest BCUT2D eigenvalue weighted by Crippen LogP contribution is 2.38. The van der Waals surface area contributed by atoms with E-state index in [0.717, 1.165) is 23.5 Å². The van der Waals surface area contributed by atoms with E-state index in [1.807, 2.05) is 24.1 Å². The standard InChI is InChI=1S/C22H24N4O2S/c1-15-18(14-23)10-11-22(24-15)26-21(16-6-3-4-7-16)13-20(25-26)17-8-5-9-19(12-17)29(2,27)28/h5,8-12,16,21H,3-4,6-7,13H2,1-2H3. The Morgan fingerprint density at radius 2 is 1.93 bits per heavy atom. The van der Waals surface area contributed by atoms with Gasteiger partial charge >= 0.3 is 0 Å². The molecular formula is C22H24N4O2S. The largest absolute Gasteiger partial charge is 0.244 e. The Bertz CT molecular complexity index is 1110. The van der Waals surface area contributed by atoms with E-state index in [0.29, 0.717) is 22.1 Å². The number of pyridine rings is 1. The van der Waals surface area contributed by atoms with Gasteiger partial charge in [-0.2, -0.15) is 10.4 Å². The summed E-state index contributed by atoms with van der Waals surface area (Å²) in [7, 11) is -3.27. The topological polar surface area (TPSA) is 86.4 Å². The zero-order valence-corrected chi connectivity index (χ0v) is 17.5. The van der Waals surface area contributed by atoms with Gasteiger partial charge in [0.2, 0.25) is 0 Å². The van der Waals surface area contributed by atoms with Gasteiger partial charge < -0.3 is 0 Å². The normalized spacial score (nSPS) is 20.0. The summed E-state index contributed by atoms with van der Waals surface area (Å²) in [6, 6.07) is 13.0. The first-order chi connectivity index (χ1) is 13.9. The second kappa shape index (κ2) is 7.60. The molecule has 6 nitrogen and oxygen atoms in total. The number of anilines is 1. The van der Waals surface area contributed by atoms with Crippen LogP contribution in [0.3, 0.4) is 0 Å². The Balaban J connectivity index is 1.74. The van der Waals surface area contributed by atoms with Crippen molar-refractivity contribution < 1.29 is 8.42 Å². The van der Waals surface area contributed by atoms with Gasteiger partial charge in [0, 0.05) is 12.7 Å². The second-order valence-corrected chi connectivity index (χ2v) is 9.94. The molecule has 1 saturated carbocycles. The van der Waals surface area contributed by atoms with Gasteiger partial charge in [0.25, 0.3) is 0 Å². The molecule has 4 rings (SSSR count). The molecule has 1 fully saturated rings. The van der Waals surface area contributed by atoms with Crippen LogP contribution in [0.4, 0.5) is 5.82 Å². The molecule has 0 radical (unpaired) electrons. The fraction of sp³-hybridized carbons (Fsp3) is 0.409. The Morgan fingerprint density at radius 3 is 2.59 bits per heavy atom. The minimum atomic E-state index is -3.27. The van der Waals surface area contributed by atoms with Crippen LogP contribution in [0.15, 0.2) is 46.4 Å². The van der Waals surface area contributed by atoms with E-state index in [4.69, 9.17) is 5.10 Å². The monoisotopic (exact) mass is 408 g/mol. The van der Waals surface area contributed by atoms with Crippen molar-refractivity contribution in [1.82, 2.24) is 4.98 Å². The van der Waals surface area contributed by atoms with E-state index < -0.39 is 9.84 Å². The molecule has 0 N–H and O–H groups in total. The van der Waals surface area contributed by atoms with Crippen molar-refractivity contribution in [3.8, 4) is 6.07 Å². The zero-order valence-electron chi connectivity index (χ0n) is 16.7. The van der Waals surface area contributed by atoms with Crippen LogP contribution in [0.5, 0.6) is 0 Å². The number of benzene rings is 1. The number of aromatic nitrogens is 1. The van der Waals surface area contributed by atoms with Crippen molar-refractivity contribution in [2.75, 3.05) is 11.3 Å². The molecular weight excluding hydrogens is 384 g/mol. The zero-order chi connectivity index (χ0) is 20.6. The molecule has 2 heterocycles. The number of sulfone groups is 1. The van der Waals surface area contributed by atoms with E-state index in [1.54, 1.807) is 24.3 Å². The van der Waals surface area contributed by atoms with Crippen molar-refractivity contribution in [3.63, 3.8) is 0 Å². The van der Waals surface area contributed by atoms with Gasteiger partial charge in [-0.05, 0) is 55.5 Å². The summed E-state index contributed by atoms with van der Waals surface area (Å²) >= 11 is 0. The van der Waals surface area contributed by atoms with Crippen molar-refractivity contribution in [2.24, 2.45) is 11.0 Å². The number of nitriles is 1. The summed E-state index contributed by atoms with van der Waals surface area (Å²) < 4.78 is 23.9. The van der Waals surface area contributed by atoms with E-state index >= 15 is 0 Å². The van der Waals surface area contributed by atoms with Crippen LogP contribution in [0.1, 0.15) is 48.9 Å². The second-order valence-electron chi connectivity index (χ2n) is 7.92. The molecule has 0 bridgehead atoms. The van der Waals surface area contributed by atoms with Crippen LogP contribution in [0, 0.1) is 24.2 Å². The van der Waals surface area contributed by atoms with Crippen molar-refractivity contribution in [2.45, 2.75) is 50.0 Å². The molecule has 1 aliphatic carbocycles. The minimum Gasteiger partial charge on any atom is -0.244 e. The number of rotatable bonds is 4. The lowest BCUT2D eigenvalue weighted by molar-refractivity contribution is 0.428. The molecule has 1 aromatic carbocycles. The van der Waals surface area contributed by atoms with Crippen molar-refractivity contribution in [1.29, 1.82) is 5.26 Å². The quantitative estimate of drug-likeness (QED) is 0.767. The molecule has 2 aromatic rings. The van der Waals surface area contributed by atoms with Crippen LogP contribution in [0.2, 0.25) is 0 Å². The summed E-state index contributed by atoms with van der Waals surface area (Å²) in [5, 5.41) is 16.1. The first-order valence-electron chi connectivity index (χ1n) is 9.92. The van der Waals surface area contributed by atoms with Gasteiger partial charge in [0.05, 0.1) is 27.9 Å². The van der Waals surface area contributed by atoms with Crippen molar-refractivity contribution >= 4 is 21.4 Å². The number of nitrogens with zero attached hydrogens (tertiary/aromatic N) is 4. The summed E-state index contributed by atoms with van der Waals surface area (Å²) in [4.78, 5) is 4.94. The number of hydrogen-bond acceptors (Lipinski definition) is 6. The van der Waals surface area contributed by atoms with Crippen LogP contribution >= 0.6 is 0 Å². The predicted molar refractivity (Wildman–Crippen MR) is 113 cm³/mol. The number of aryl methyl sites for hydroxylation is 1. The smallest absolute Gasteiger partial charge is 0.175 e. The van der Waals surface area contributed by atoms with Gasteiger partial charge in [0.15, 0.2) is 9.84 Å². The molecule has 0 saturated heterocycles. The predicted octanol–water partition coefficient (Wildman–Crippen LogP) is 3.84. The lowest BCUT2D eigenvalue weighted by Crippen LogP contribution is -2.33. The molecule has 1 aliphatic heterocycles. The molecule has 0 spiro atoms. The third kappa shape index (κ3) is 3.90. The molecule has 1 atom stereocenters. The van der Waals surface area contributed by atoms with E-state index in [-0.39, 0.29) is 6.04 Å². The Labute approximate surface area is 171 Å². The molecule has 2 aliphatic rings. The fourth-order valence-electron chi connectivity index (χ4n) is 4.33. The van der Waals surface area contributed by atoms with Gasteiger partial charge in [-0.25, -0.2) is 18.4 Å². The highest BCUT2D eigenvalue weighted by molar-refractivity contribution is 7.90. The van der Waals surface area contributed by atoms with E-state index in [2.05, 4.69) is 11.1 Å². The number of hydrogen-bond donors (Lipinski definition) is 0. The van der Waals surface area contributed by atoms with Crippen LogP contribution in [0.25, 0.3) is 0 Å². The highest BCUT2D eigenvalue weighted by atomic mass is 32.2. The third-order valence-electron chi connectivity index (χ3n) is 5.91. The van der Waals surface area contributed by atoms with Gasteiger partial charge in [-0.1, -0.05) is 25.0 Å². The van der Waals surface area contributed by atoms with Crippen LogP contribution in [-0.2, 0) is 9.84 Å². The minimum absolute atomic E-state index is 0.203. The Morgan fingerprint density at radius 1 is 1.17 bits per heavy atom. The van der Waals surface area contributed by atoms with Gasteiger partial charge in [-0.15, -0.1) is 0 Å². The first kappa shape index (κ1) is 19.6. The SMILES string of the molecule is Cc1nc(N2N=C(c3cccc(S(C)(=O)=O)c3)CC2C2CCCC2)ccc1C#N. The summed E-state index contributed by atoms with van der Waals surface area (Å²) in [5.74, 6) is 1.28. The molecule has 0 amide bonds. The van der Waals surface area contributed by atoms with Crippen LogP contribution < -0.4 is 5.01 Å². The summed E-state index contributed by atoms with van der Waals surface area (Å²) in [5.41, 5.74) is 2.98. The van der Waals surface area contributed by atoms with E-state index in [1.165, 1.54) is 31.9 Å². The Hall–Kier alpha value is -2.72.